The maximum absolute atomic E-state index is 5.67. The fourth-order valence-corrected chi connectivity index (χ4v) is 1.20. The first-order valence-electron chi connectivity index (χ1n) is 3.57. The van der Waals surface area contributed by atoms with E-state index in [9.17, 15) is 0 Å². The second kappa shape index (κ2) is 3.59. The third-order valence-electron chi connectivity index (χ3n) is 1.48. The summed E-state index contributed by atoms with van der Waals surface area (Å²) in [4.78, 5) is 0. The first kappa shape index (κ1) is 8.35. The summed E-state index contributed by atoms with van der Waals surface area (Å²) in [5.41, 5.74) is 2.49. The molecular formula is C10H11Cl. The third kappa shape index (κ3) is 2.77. The highest BCUT2D eigenvalue weighted by Crippen LogP contribution is 2.10. The van der Waals surface area contributed by atoms with Crippen LogP contribution in [-0.2, 0) is 6.42 Å². The lowest BCUT2D eigenvalue weighted by atomic mass is 10.1. The molecule has 58 valence electrons. The van der Waals surface area contributed by atoms with Crippen molar-refractivity contribution in [2.75, 3.05) is 0 Å². The molecule has 1 heteroatoms. The Labute approximate surface area is 72.5 Å². The van der Waals surface area contributed by atoms with Crippen LogP contribution in [0.3, 0.4) is 0 Å². The Hall–Kier alpha value is -0.750. The predicted molar refractivity (Wildman–Crippen MR) is 49.9 cm³/mol. The maximum Gasteiger partial charge on any atom is 0.0153 e. The van der Waals surface area contributed by atoms with Crippen molar-refractivity contribution in [3.63, 3.8) is 0 Å². The minimum atomic E-state index is 0.690. The third-order valence-corrected chi connectivity index (χ3v) is 1.61. The molecule has 0 spiro atoms. The van der Waals surface area contributed by atoms with Gasteiger partial charge < -0.3 is 0 Å². The lowest BCUT2D eigenvalue weighted by Gasteiger charge is -1.99. The molecule has 0 aliphatic rings. The molecule has 0 bridgehead atoms. The van der Waals surface area contributed by atoms with Gasteiger partial charge in [-0.05, 0) is 12.5 Å². The van der Waals surface area contributed by atoms with Crippen molar-refractivity contribution in [3.05, 3.63) is 47.0 Å². The minimum Gasteiger partial charge on any atom is -0.0894 e. The molecule has 0 aliphatic carbocycles. The van der Waals surface area contributed by atoms with Gasteiger partial charge in [-0.25, -0.2) is 0 Å². The summed E-state index contributed by atoms with van der Waals surface area (Å²) in [5.74, 6) is 0. The molecule has 0 heterocycles. The van der Waals surface area contributed by atoms with E-state index in [0.717, 1.165) is 6.42 Å². The topological polar surface area (TPSA) is 0 Å². The van der Waals surface area contributed by atoms with Gasteiger partial charge in [-0.15, -0.1) is 0 Å². The van der Waals surface area contributed by atoms with Crippen LogP contribution >= 0.6 is 11.6 Å². The molecule has 0 fully saturated rings. The van der Waals surface area contributed by atoms with Crippen molar-refractivity contribution in [1.29, 1.82) is 0 Å². The van der Waals surface area contributed by atoms with Gasteiger partial charge in [0.25, 0.3) is 0 Å². The van der Waals surface area contributed by atoms with Crippen LogP contribution in [0.1, 0.15) is 11.1 Å². The zero-order chi connectivity index (χ0) is 8.27. The summed E-state index contributed by atoms with van der Waals surface area (Å²) >= 11 is 5.67. The van der Waals surface area contributed by atoms with Crippen molar-refractivity contribution in [2.45, 2.75) is 13.3 Å². The number of halogens is 1. The standard InChI is InChI=1S/C10H11Cl/c1-8-4-3-5-10(6-8)7-9(2)11/h3-6H,2,7H2,1H3. The highest BCUT2D eigenvalue weighted by Gasteiger charge is 1.93. The lowest BCUT2D eigenvalue weighted by Crippen LogP contribution is -1.83. The fourth-order valence-electron chi connectivity index (χ4n) is 1.04. The number of allylic oxidation sites excluding steroid dienone is 1. The molecule has 1 rings (SSSR count). The van der Waals surface area contributed by atoms with Crippen LogP contribution in [0.2, 0.25) is 0 Å². The maximum atomic E-state index is 5.67. The van der Waals surface area contributed by atoms with Gasteiger partial charge >= 0.3 is 0 Å². The molecule has 0 saturated carbocycles. The molecule has 0 atom stereocenters. The molecule has 0 aliphatic heterocycles. The molecule has 1 aromatic carbocycles. The van der Waals surface area contributed by atoms with Crippen LogP contribution in [0.25, 0.3) is 0 Å². The smallest absolute Gasteiger partial charge is 0.0153 e. The number of rotatable bonds is 2. The molecule has 0 unspecified atom stereocenters. The van der Waals surface area contributed by atoms with E-state index in [1.807, 2.05) is 6.07 Å². The second-order valence-corrected chi connectivity index (χ2v) is 3.22. The Morgan fingerprint density at radius 3 is 2.82 bits per heavy atom. The summed E-state index contributed by atoms with van der Waals surface area (Å²) in [6.45, 7) is 5.72. The monoisotopic (exact) mass is 166 g/mol. The van der Waals surface area contributed by atoms with Gasteiger partial charge in [-0.2, -0.15) is 0 Å². The van der Waals surface area contributed by atoms with Gasteiger partial charge in [-0.1, -0.05) is 48.0 Å². The van der Waals surface area contributed by atoms with Crippen molar-refractivity contribution >= 4 is 11.6 Å². The van der Waals surface area contributed by atoms with Gasteiger partial charge in [0, 0.05) is 11.5 Å². The van der Waals surface area contributed by atoms with E-state index in [1.54, 1.807) is 0 Å². The van der Waals surface area contributed by atoms with Gasteiger partial charge in [0.15, 0.2) is 0 Å². The summed E-state index contributed by atoms with van der Waals surface area (Å²) < 4.78 is 0. The summed E-state index contributed by atoms with van der Waals surface area (Å²) in [5, 5.41) is 0.690. The normalized spacial score (nSPS) is 9.64. The molecule has 0 aromatic heterocycles. The van der Waals surface area contributed by atoms with Crippen LogP contribution in [0.15, 0.2) is 35.9 Å². The molecule has 0 nitrogen and oxygen atoms in total. The van der Waals surface area contributed by atoms with E-state index in [4.69, 9.17) is 11.6 Å². The van der Waals surface area contributed by atoms with E-state index in [0.29, 0.717) is 5.03 Å². The average Bonchev–Trinajstić information content (AvgIpc) is 1.85. The van der Waals surface area contributed by atoms with Gasteiger partial charge in [0.05, 0.1) is 0 Å². The second-order valence-electron chi connectivity index (χ2n) is 2.68. The Bertz CT molecular complexity index is 263. The van der Waals surface area contributed by atoms with E-state index in [-0.39, 0.29) is 0 Å². The van der Waals surface area contributed by atoms with Gasteiger partial charge in [-0.3, -0.25) is 0 Å². The lowest BCUT2D eigenvalue weighted by molar-refractivity contribution is 1.23. The Balaban J connectivity index is 2.79. The largest absolute Gasteiger partial charge is 0.0894 e. The number of benzene rings is 1. The highest BCUT2D eigenvalue weighted by atomic mass is 35.5. The van der Waals surface area contributed by atoms with Gasteiger partial charge in [0.1, 0.15) is 0 Å². The van der Waals surface area contributed by atoms with Crippen LogP contribution < -0.4 is 0 Å². The minimum absolute atomic E-state index is 0.690. The molecule has 0 saturated heterocycles. The van der Waals surface area contributed by atoms with Crippen LogP contribution in [0.4, 0.5) is 0 Å². The van der Waals surface area contributed by atoms with Crippen LogP contribution in [-0.4, -0.2) is 0 Å². The van der Waals surface area contributed by atoms with E-state index < -0.39 is 0 Å². The summed E-state index contributed by atoms with van der Waals surface area (Å²) in [6.07, 6.45) is 0.767. The van der Waals surface area contributed by atoms with E-state index >= 15 is 0 Å². The Morgan fingerprint density at radius 2 is 2.27 bits per heavy atom. The van der Waals surface area contributed by atoms with Crippen molar-refractivity contribution in [3.8, 4) is 0 Å². The Kier molecular flexibility index (Phi) is 2.72. The molecule has 1 aromatic rings. The molecule has 0 radical (unpaired) electrons. The summed E-state index contributed by atoms with van der Waals surface area (Å²) in [7, 11) is 0. The zero-order valence-electron chi connectivity index (χ0n) is 6.60. The van der Waals surface area contributed by atoms with Gasteiger partial charge in [0.2, 0.25) is 0 Å². The van der Waals surface area contributed by atoms with Crippen LogP contribution in [0, 0.1) is 6.92 Å². The van der Waals surface area contributed by atoms with Crippen molar-refractivity contribution in [2.24, 2.45) is 0 Å². The number of hydrogen-bond donors (Lipinski definition) is 0. The molecule has 11 heavy (non-hydrogen) atoms. The SMILES string of the molecule is C=C(Cl)Cc1cccc(C)c1. The highest BCUT2D eigenvalue weighted by molar-refractivity contribution is 6.29. The predicted octanol–water partition coefficient (Wildman–Crippen LogP) is 3.29. The molecule has 0 N–H and O–H groups in total. The average molecular weight is 167 g/mol. The van der Waals surface area contributed by atoms with Crippen molar-refractivity contribution < 1.29 is 0 Å². The van der Waals surface area contributed by atoms with E-state index in [1.165, 1.54) is 11.1 Å². The summed E-state index contributed by atoms with van der Waals surface area (Å²) in [6, 6.07) is 8.28. The van der Waals surface area contributed by atoms with Crippen molar-refractivity contribution in [1.82, 2.24) is 0 Å². The fraction of sp³-hybridized carbons (Fsp3) is 0.200. The van der Waals surface area contributed by atoms with E-state index in [2.05, 4.69) is 31.7 Å². The molecular weight excluding hydrogens is 156 g/mol. The number of hydrogen-bond acceptors (Lipinski definition) is 0. The number of aryl methyl sites for hydroxylation is 1. The first-order valence-corrected chi connectivity index (χ1v) is 3.95. The molecule has 0 amide bonds. The quantitative estimate of drug-likeness (QED) is 0.633. The zero-order valence-corrected chi connectivity index (χ0v) is 7.36. The van der Waals surface area contributed by atoms with Crippen LogP contribution in [0.5, 0.6) is 0 Å². The Morgan fingerprint density at radius 1 is 1.55 bits per heavy atom. The first-order chi connectivity index (χ1) is 5.18.